The fourth-order valence-electron chi connectivity index (χ4n) is 0.0880. The van der Waals surface area contributed by atoms with Crippen LogP contribution in [0, 0.1) is 41.1 Å². The van der Waals surface area contributed by atoms with Crippen molar-refractivity contribution in [3.63, 3.8) is 0 Å². The van der Waals surface area contributed by atoms with Gasteiger partial charge in [-0.2, -0.15) is 19.8 Å². The van der Waals surface area contributed by atoms with Gasteiger partial charge in [-0.05, 0) is 0 Å². The molecule has 0 bridgehead atoms. The predicted octanol–water partition coefficient (Wildman–Crippen LogP) is -9.11. The van der Waals surface area contributed by atoms with Crippen molar-refractivity contribution in [3.8, 4) is 0 Å². The molecule has 0 aromatic heterocycles. The standard InChI is InChI=1S/CH5N5O2.ClHO4.NO3.Na/c2-1(3)5(4)6(7)8;2-1(3,4)5;2-1(3)4;/h4H2,(H3,2,3);(H,2,3,4,5);;/q;;-1;+1. The Labute approximate surface area is 122 Å². The molecule has 0 fully saturated rings. The van der Waals surface area contributed by atoms with Crippen LogP contribution >= 0.6 is 0 Å². The molecule has 0 aromatic carbocycles. The minimum atomic E-state index is -4.69. The van der Waals surface area contributed by atoms with Crippen LogP contribution in [0.2, 0.25) is 0 Å². The first-order valence-corrected chi connectivity index (χ1v) is 4.03. The third-order valence-corrected chi connectivity index (χ3v) is 0.423. The van der Waals surface area contributed by atoms with Gasteiger partial charge in [0.05, 0.1) is 20.0 Å². The molecule has 102 valence electrons. The maximum atomic E-state index is 9.53. The Balaban J connectivity index is -0.0000000855. The van der Waals surface area contributed by atoms with Crippen LogP contribution in [0.1, 0.15) is 0 Å². The van der Waals surface area contributed by atoms with E-state index < -0.39 is 26.3 Å². The smallest absolute Gasteiger partial charge is 0.364 e. The van der Waals surface area contributed by atoms with Gasteiger partial charge >= 0.3 is 29.6 Å². The van der Waals surface area contributed by atoms with Gasteiger partial charge in [0.15, 0.2) is 5.03 Å². The molecule has 6 N–H and O–H groups in total. The van der Waals surface area contributed by atoms with Crippen LogP contribution in [0.15, 0.2) is 0 Å². The van der Waals surface area contributed by atoms with Crippen molar-refractivity contribution in [1.82, 2.24) is 5.12 Å². The number of nitrogens with two attached hydrogens (primary N) is 2. The SMILES string of the molecule is N=C(N)N(N)[N+](=O)[O-].O=[N+]([O-])[O-].[Na+].[O-][Cl+3]([O-])([O-])O. The first-order valence-electron chi connectivity index (χ1n) is 2.77. The summed E-state index contributed by atoms with van der Waals surface area (Å²) in [5.41, 5.74) is 4.58. The van der Waals surface area contributed by atoms with E-state index in [1.807, 2.05) is 0 Å². The van der Waals surface area contributed by atoms with Crippen LogP contribution in [-0.4, -0.2) is 25.9 Å². The summed E-state index contributed by atoms with van der Waals surface area (Å²) < 4.78 is 32.7. The van der Waals surface area contributed by atoms with E-state index in [4.69, 9.17) is 39.4 Å². The molecular formula is CH6ClN6NaO9. The number of hydrogen-bond donors (Lipinski definition) is 4. The summed E-state index contributed by atoms with van der Waals surface area (Å²) in [5, 5.41) is 29.6. The Hall–Kier alpha value is -1.04. The van der Waals surface area contributed by atoms with Crippen molar-refractivity contribution in [1.29, 1.82) is 5.41 Å². The molecule has 0 aliphatic carbocycles. The van der Waals surface area contributed by atoms with E-state index in [0.717, 1.165) is 0 Å². The summed E-state index contributed by atoms with van der Waals surface area (Å²) in [5.74, 6) is 3.75. The number of guanidine groups is 1. The molecule has 17 heteroatoms. The number of nitro groups is 1. The van der Waals surface area contributed by atoms with Crippen LogP contribution in [-0.2, 0) is 0 Å². The summed E-state index contributed by atoms with van der Waals surface area (Å²) in [6, 6.07) is 0. The first kappa shape index (κ1) is 25.7. The molecule has 18 heavy (non-hydrogen) atoms. The van der Waals surface area contributed by atoms with Crippen molar-refractivity contribution >= 4 is 5.96 Å². The molecular weight excluding hydrogens is 298 g/mol. The molecule has 0 amide bonds. The maximum Gasteiger partial charge on any atom is 1.00 e. The molecule has 0 saturated heterocycles. The van der Waals surface area contributed by atoms with Crippen LogP contribution in [0.3, 0.4) is 0 Å². The Morgan fingerprint density at radius 1 is 1.22 bits per heavy atom. The number of hydrazine groups is 2. The van der Waals surface area contributed by atoms with Gasteiger partial charge < -0.3 is 21.1 Å². The molecule has 0 aliphatic rings. The van der Waals surface area contributed by atoms with Gasteiger partial charge in [0.2, 0.25) is 0 Å². The zero-order chi connectivity index (χ0) is 14.8. The predicted molar refractivity (Wildman–Crippen MR) is 37.5 cm³/mol. The first-order chi connectivity index (χ1) is 7.29. The molecule has 0 atom stereocenters. The zero-order valence-corrected chi connectivity index (χ0v) is 11.3. The average Bonchev–Trinajstić information content (AvgIpc) is 1.97. The number of hydrogen-bond acceptors (Lipinski definition) is 11. The average molecular weight is 305 g/mol. The van der Waals surface area contributed by atoms with Gasteiger partial charge in [-0.3, -0.25) is 5.41 Å². The molecule has 0 unspecified atom stereocenters. The van der Waals surface area contributed by atoms with Gasteiger partial charge in [-0.1, -0.05) is 0 Å². The van der Waals surface area contributed by atoms with Gasteiger partial charge in [0, 0.05) is 5.12 Å². The number of halogens is 1. The minimum Gasteiger partial charge on any atom is -0.364 e. The third kappa shape index (κ3) is 60.2. The van der Waals surface area contributed by atoms with Gasteiger partial charge in [-0.25, -0.2) is 10.1 Å². The Morgan fingerprint density at radius 3 is 1.39 bits per heavy atom. The molecule has 15 nitrogen and oxygen atoms in total. The van der Waals surface area contributed by atoms with Crippen LogP contribution in [0.5, 0.6) is 0 Å². The molecule has 0 heterocycles. The second kappa shape index (κ2) is 12.4. The summed E-state index contributed by atoms with van der Waals surface area (Å²) in [6.07, 6.45) is 0. The number of nitrogens with zero attached hydrogens (tertiary/aromatic N) is 3. The van der Waals surface area contributed by atoms with Crippen LogP contribution in [0.25, 0.3) is 0 Å². The van der Waals surface area contributed by atoms with Crippen LogP contribution < -0.4 is 55.1 Å². The third-order valence-electron chi connectivity index (χ3n) is 0.423. The van der Waals surface area contributed by atoms with E-state index in [9.17, 15) is 10.1 Å². The largest absolute Gasteiger partial charge is 1.00 e. The second-order valence-corrected chi connectivity index (χ2v) is 2.38. The molecule has 0 saturated carbocycles. The monoisotopic (exact) mass is 304 g/mol. The molecule has 0 spiro atoms. The molecule has 0 aromatic rings. The van der Waals surface area contributed by atoms with Crippen molar-refractivity contribution in [2.45, 2.75) is 0 Å². The van der Waals surface area contributed by atoms with Gasteiger partial charge in [0.25, 0.3) is 5.96 Å². The summed E-state index contributed by atoms with van der Waals surface area (Å²) >= 11 is 0. The topological polar surface area (TPSA) is 278 Å². The summed E-state index contributed by atoms with van der Waals surface area (Å²) in [6.45, 7) is 0. The normalized spacial score (nSPS) is 8.28. The summed E-state index contributed by atoms with van der Waals surface area (Å²) in [7, 11) is -4.69. The molecule has 0 radical (unpaired) electrons. The van der Waals surface area contributed by atoms with E-state index in [1.165, 1.54) is 0 Å². The maximum absolute atomic E-state index is 9.53. The Morgan fingerprint density at radius 2 is 1.39 bits per heavy atom. The number of rotatable bonds is 1. The Kier molecular flexibility index (Phi) is 17.7. The molecule has 0 rings (SSSR count). The zero-order valence-electron chi connectivity index (χ0n) is 8.59. The fraction of sp³-hybridized carbons (Fsp3) is 0. The van der Waals surface area contributed by atoms with E-state index in [-0.39, 0.29) is 34.7 Å². The minimum absolute atomic E-state index is 0. The van der Waals surface area contributed by atoms with E-state index in [1.54, 1.807) is 0 Å². The van der Waals surface area contributed by atoms with Crippen molar-refractivity contribution in [2.75, 3.05) is 0 Å². The van der Waals surface area contributed by atoms with Crippen LogP contribution in [0.4, 0.5) is 0 Å². The van der Waals surface area contributed by atoms with E-state index >= 15 is 0 Å². The van der Waals surface area contributed by atoms with E-state index in [0.29, 0.717) is 0 Å². The number of nitrogens with one attached hydrogen (secondary N) is 1. The van der Waals surface area contributed by atoms with E-state index in [2.05, 4.69) is 11.6 Å². The van der Waals surface area contributed by atoms with Gasteiger partial charge in [0.1, 0.15) is 0 Å². The van der Waals surface area contributed by atoms with Crippen molar-refractivity contribution in [3.05, 3.63) is 25.4 Å². The molecule has 0 aliphatic heterocycles. The summed E-state index contributed by atoms with van der Waals surface area (Å²) in [4.78, 5) is 17.8. The van der Waals surface area contributed by atoms with Crippen molar-refractivity contribution < 1.29 is 68.6 Å². The second-order valence-electron chi connectivity index (χ2n) is 1.59. The fourth-order valence-corrected chi connectivity index (χ4v) is 0.0880. The Bertz CT molecular complexity index is 242. The van der Waals surface area contributed by atoms with Gasteiger partial charge in [-0.15, -0.1) is 0 Å². The van der Waals surface area contributed by atoms with Crippen molar-refractivity contribution in [2.24, 2.45) is 11.6 Å². The quantitative estimate of drug-likeness (QED) is 0.0876.